The molecule has 0 aromatic heterocycles. The molecule has 0 atom stereocenters. The number of nitrogens with one attached hydrogen (secondary N) is 1. The molecule has 1 aromatic rings. The molecule has 102 valence electrons. The third-order valence-electron chi connectivity index (χ3n) is 2.77. The molecular weight excluding hydrogens is 247 g/mol. The minimum atomic E-state index is -1.06. The lowest BCUT2D eigenvalue weighted by Gasteiger charge is -2.15. The summed E-state index contributed by atoms with van der Waals surface area (Å²) >= 11 is 0. The summed E-state index contributed by atoms with van der Waals surface area (Å²) in [7, 11) is 1.51. The molecule has 4 nitrogen and oxygen atoms in total. The van der Waals surface area contributed by atoms with E-state index in [0.29, 0.717) is 24.3 Å². The van der Waals surface area contributed by atoms with Crippen molar-refractivity contribution in [3.63, 3.8) is 0 Å². The van der Waals surface area contributed by atoms with Gasteiger partial charge in [-0.3, -0.25) is 4.79 Å². The fraction of sp³-hybridized carbons (Fsp3) is 0.429. The van der Waals surface area contributed by atoms with E-state index in [1.165, 1.54) is 19.2 Å². The second-order valence-corrected chi connectivity index (χ2v) is 4.70. The highest BCUT2D eigenvalue weighted by atomic mass is 19.1. The summed E-state index contributed by atoms with van der Waals surface area (Å²) in [5.74, 6) is -0.111. The normalized spacial score (nSPS) is 10.7. The molecule has 1 aromatic carbocycles. The van der Waals surface area contributed by atoms with Crippen molar-refractivity contribution in [3.8, 4) is 11.8 Å². The minimum absolute atomic E-state index is 0.323. The Morgan fingerprint density at radius 3 is 2.79 bits per heavy atom. The average molecular weight is 264 g/mol. The second kappa shape index (κ2) is 6.19. The van der Waals surface area contributed by atoms with Gasteiger partial charge in [0.1, 0.15) is 17.0 Å². The number of hydrogen-bond acceptors (Lipinski definition) is 3. The molecule has 0 saturated carbocycles. The summed E-state index contributed by atoms with van der Waals surface area (Å²) in [6.07, 6.45) is 0.439. The topological polar surface area (TPSA) is 62.1 Å². The number of amides is 1. The molecule has 5 heteroatoms. The van der Waals surface area contributed by atoms with Gasteiger partial charge in [-0.25, -0.2) is 4.39 Å². The van der Waals surface area contributed by atoms with Crippen molar-refractivity contribution in [2.24, 2.45) is 5.41 Å². The lowest BCUT2D eigenvalue weighted by Crippen LogP contribution is -2.37. The SMILES string of the molecule is COc1ccc(F)cc1CCNC(=O)C(C)(C)C#N. The lowest BCUT2D eigenvalue weighted by atomic mass is 9.95. The Balaban J connectivity index is 2.62. The largest absolute Gasteiger partial charge is 0.496 e. The molecule has 0 saturated heterocycles. The van der Waals surface area contributed by atoms with Crippen LogP contribution in [0.25, 0.3) is 0 Å². The van der Waals surface area contributed by atoms with Crippen LogP contribution in [-0.4, -0.2) is 19.6 Å². The molecule has 1 amide bonds. The summed E-state index contributed by atoms with van der Waals surface area (Å²) in [5, 5.41) is 11.5. The summed E-state index contributed by atoms with van der Waals surface area (Å²) in [4.78, 5) is 11.7. The lowest BCUT2D eigenvalue weighted by molar-refractivity contribution is -0.126. The Morgan fingerprint density at radius 1 is 1.53 bits per heavy atom. The first kappa shape index (κ1) is 15.0. The van der Waals surface area contributed by atoms with Crippen LogP contribution in [0.5, 0.6) is 5.75 Å². The van der Waals surface area contributed by atoms with E-state index in [9.17, 15) is 9.18 Å². The Labute approximate surface area is 112 Å². The maximum absolute atomic E-state index is 13.1. The number of benzene rings is 1. The highest BCUT2D eigenvalue weighted by molar-refractivity contribution is 5.84. The van der Waals surface area contributed by atoms with E-state index in [2.05, 4.69) is 5.32 Å². The summed E-state index contributed by atoms with van der Waals surface area (Å²) < 4.78 is 18.2. The van der Waals surface area contributed by atoms with Crippen molar-refractivity contribution in [2.45, 2.75) is 20.3 Å². The van der Waals surface area contributed by atoms with Crippen molar-refractivity contribution >= 4 is 5.91 Å². The van der Waals surface area contributed by atoms with Gasteiger partial charge in [0.2, 0.25) is 5.91 Å². The van der Waals surface area contributed by atoms with Crippen molar-refractivity contribution in [1.82, 2.24) is 5.32 Å². The zero-order chi connectivity index (χ0) is 14.5. The predicted octanol–water partition coefficient (Wildman–Crippen LogP) is 2.04. The van der Waals surface area contributed by atoms with Gasteiger partial charge in [-0.15, -0.1) is 0 Å². The van der Waals surface area contributed by atoms with Crippen LogP contribution in [0.1, 0.15) is 19.4 Å². The van der Waals surface area contributed by atoms with Gasteiger partial charge in [0.05, 0.1) is 13.2 Å². The molecule has 0 radical (unpaired) electrons. The quantitative estimate of drug-likeness (QED) is 0.885. The van der Waals surface area contributed by atoms with E-state index in [1.807, 2.05) is 6.07 Å². The Morgan fingerprint density at radius 2 is 2.21 bits per heavy atom. The molecule has 1 N–H and O–H groups in total. The molecule has 0 aliphatic rings. The van der Waals surface area contributed by atoms with E-state index in [-0.39, 0.29) is 11.7 Å². The van der Waals surface area contributed by atoms with Gasteiger partial charge in [0.15, 0.2) is 0 Å². The molecule has 1 rings (SSSR count). The molecule has 0 unspecified atom stereocenters. The van der Waals surface area contributed by atoms with E-state index in [4.69, 9.17) is 10.00 Å². The number of halogens is 1. The number of hydrogen-bond donors (Lipinski definition) is 1. The van der Waals surface area contributed by atoms with Gasteiger partial charge >= 0.3 is 0 Å². The standard InChI is InChI=1S/C14H17FN2O2/c1-14(2,9-16)13(18)17-7-6-10-8-11(15)4-5-12(10)19-3/h4-5,8H,6-7H2,1-3H3,(H,17,18). The molecule has 0 bridgehead atoms. The maximum Gasteiger partial charge on any atom is 0.239 e. The fourth-order valence-electron chi connectivity index (χ4n) is 1.52. The molecule has 0 fully saturated rings. The average Bonchev–Trinajstić information content (AvgIpc) is 2.38. The minimum Gasteiger partial charge on any atom is -0.496 e. The van der Waals surface area contributed by atoms with Crippen LogP contribution in [0.15, 0.2) is 18.2 Å². The van der Waals surface area contributed by atoms with E-state index >= 15 is 0 Å². The van der Waals surface area contributed by atoms with Gasteiger partial charge < -0.3 is 10.1 Å². The van der Waals surface area contributed by atoms with Crippen LogP contribution >= 0.6 is 0 Å². The Bertz CT molecular complexity index is 507. The van der Waals surface area contributed by atoms with Gasteiger partial charge in [-0.1, -0.05) is 0 Å². The molecule has 0 aliphatic heterocycles. The van der Waals surface area contributed by atoms with Gasteiger partial charge in [0, 0.05) is 6.54 Å². The van der Waals surface area contributed by atoms with Crippen LogP contribution in [-0.2, 0) is 11.2 Å². The third kappa shape index (κ3) is 3.95. The van der Waals surface area contributed by atoms with Gasteiger partial charge in [-0.05, 0) is 44.0 Å². The first-order valence-electron chi connectivity index (χ1n) is 5.92. The zero-order valence-corrected chi connectivity index (χ0v) is 11.3. The highest BCUT2D eigenvalue weighted by Gasteiger charge is 2.26. The zero-order valence-electron chi connectivity index (χ0n) is 11.3. The predicted molar refractivity (Wildman–Crippen MR) is 69.1 cm³/mol. The number of carbonyl (C=O) groups is 1. The van der Waals surface area contributed by atoms with Crippen LogP contribution in [0.4, 0.5) is 4.39 Å². The molecule has 0 heterocycles. The third-order valence-corrected chi connectivity index (χ3v) is 2.77. The van der Waals surface area contributed by atoms with Gasteiger partial charge in [-0.2, -0.15) is 5.26 Å². The van der Waals surface area contributed by atoms with Crippen LogP contribution in [0.3, 0.4) is 0 Å². The maximum atomic E-state index is 13.1. The monoisotopic (exact) mass is 264 g/mol. The highest BCUT2D eigenvalue weighted by Crippen LogP contribution is 2.19. The number of nitriles is 1. The van der Waals surface area contributed by atoms with Crippen LogP contribution in [0.2, 0.25) is 0 Å². The Kier molecular flexibility index (Phi) is 4.87. The fourth-order valence-corrected chi connectivity index (χ4v) is 1.52. The van der Waals surface area contributed by atoms with Crippen molar-refractivity contribution in [2.75, 3.05) is 13.7 Å². The first-order chi connectivity index (χ1) is 8.90. The number of ether oxygens (including phenoxy) is 1. The molecule has 0 spiro atoms. The number of rotatable bonds is 5. The number of methoxy groups -OCH3 is 1. The molecule has 19 heavy (non-hydrogen) atoms. The number of carbonyl (C=O) groups excluding carboxylic acids is 1. The second-order valence-electron chi connectivity index (χ2n) is 4.70. The smallest absolute Gasteiger partial charge is 0.239 e. The molecular formula is C14H17FN2O2. The number of nitrogens with zero attached hydrogens (tertiary/aromatic N) is 1. The summed E-state index contributed by atoms with van der Waals surface area (Å²) in [6.45, 7) is 3.42. The Hall–Kier alpha value is -2.09. The van der Waals surface area contributed by atoms with Crippen molar-refractivity contribution in [1.29, 1.82) is 5.26 Å². The van der Waals surface area contributed by atoms with E-state index in [1.54, 1.807) is 19.9 Å². The van der Waals surface area contributed by atoms with E-state index in [0.717, 1.165) is 0 Å². The summed E-state index contributed by atoms with van der Waals surface area (Å²) in [5.41, 5.74) is -0.385. The summed E-state index contributed by atoms with van der Waals surface area (Å²) in [6, 6.07) is 6.17. The van der Waals surface area contributed by atoms with Crippen LogP contribution < -0.4 is 10.1 Å². The van der Waals surface area contributed by atoms with E-state index < -0.39 is 5.41 Å². The van der Waals surface area contributed by atoms with Crippen molar-refractivity contribution in [3.05, 3.63) is 29.6 Å². The van der Waals surface area contributed by atoms with Crippen LogP contribution in [0, 0.1) is 22.6 Å². The molecule has 0 aliphatic carbocycles. The van der Waals surface area contributed by atoms with Gasteiger partial charge in [0.25, 0.3) is 0 Å². The first-order valence-corrected chi connectivity index (χ1v) is 5.92. The van der Waals surface area contributed by atoms with Crippen molar-refractivity contribution < 1.29 is 13.9 Å².